The Bertz CT molecular complexity index is 639. The number of aryl methyl sites for hydroxylation is 2. The van der Waals surface area contributed by atoms with Gasteiger partial charge in [-0.05, 0) is 12.8 Å². The number of rotatable bonds is 5. The minimum atomic E-state index is 0.217. The second kappa shape index (κ2) is 7.35. The zero-order valence-electron chi connectivity index (χ0n) is 13.6. The van der Waals surface area contributed by atoms with Crippen LogP contribution in [0.5, 0.6) is 0 Å². The highest BCUT2D eigenvalue weighted by molar-refractivity contribution is 5.76. The molecule has 6 nitrogen and oxygen atoms in total. The summed E-state index contributed by atoms with van der Waals surface area (Å²) >= 11 is 0. The van der Waals surface area contributed by atoms with Gasteiger partial charge in [-0.3, -0.25) is 14.8 Å². The Morgan fingerprint density at radius 1 is 1.30 bits per heavy atom. The van der Waals surface area contributed by atoms with E-state index >= 15 is 0 Å². The third-order valence-corrected chi connectivity index (χ3v) is 4.46. The lowest BCUT2D eigenvalue weighted by Gasteiger charge is -2.32. The molecule has 1 fully saturated rings. The second-order valence-corrected chi connectivity index (χ2v) is 5.95. The van der Waals surface area contributed by atoms with Gasteiger partial charge in [-0.15, -0.1) is 0 Å². The summed E-state index contributed by atoms with van der Waals surface area (Å²) in [4.78, 5) is 27.3. The predicted molar refractivity (Wildman–Crippen MR) is 86.8 cm³/mol. The molecule has 0 aromatic carbocycles. The number of aromatic nitrogens is 4. The van der Waals surface area contributed by atoms with E-state index in [0.29, 0.717) is 18.9 Å². The fourth-order valence-corrected chi connectivity index (χ4v) is 3.20. The summed E-state index contributed by atoms with van der Waals surface area (Å²) in [5.74, 6) is 1.56. The van der Waals surface area contributed by atoms with Gasteiger partial charge in [-0.2, -0.15) is 0 Å². The minimum absolute atomic E-state index is 0.217. The van der Waals surface area contributed by atoms with Gasteiger partial charge in [-0.1, -0.05) is 6.92 Å². The number of imidazole rings is 1. The summed E-state index contributed by atoms with van der Waals surface area (Å²) < 4.78 is 2.07. The molecule has 1 atom stereocenters. The minimum Gasteiger partial charge on any atom is -0.342 e. The number of piperidine rings is 1. The lowest BCUT2D eigenvalue weighted by molar-refractivity contribution is -0.132. The van der Waals surface area contributed by atoms with Crippen molar-refractivity contribution >= 4 is 5.91 Å². The monoisotopic (exact) mass is 313 g/mol. The number of nitrogens with zero attached hydrogens (tertiary/aromatic N) is 5. The average Bonchev–Trinajstić information content (AvgIpc) is 3.08. The lowest BCUT2D eigenvalue weighted by Crippen LogP contribution is -2.39. The van der Waals surface area contributed by atoms with E-state index in [1.807, 2.05) is 17.3 Å². The molecule has 2 aromatic rings. The van der Waals surface area contributed by atoms with E-state index < -0.39 is 0 Å². The predicted octanol–water partition coefficient (Wildman–Crippen LogP) is 2.03. The molecule has 3 rings (SSSR count). The van der Waals surface area contributed by atoms with Crippen LogP contribution >= 0.6 is 0 Å². The van der Waals surface area contributed by atoms with Gasteiger partial charge in [-0.25, -0.2) is 4.98 Å². The third kappa shape index (κ3) is 3.75. The Hall–Kier alpha value is -2.24. The van der Waals surface area contributed by atoms with Gasteiger partial charge in [0.15, 0.2) is 0 Å². The van der Waals surface area contributed by atoms with E-state index in [4.69, 9.17) is 0 Å². The first kappa shape index (κ1) is 15.6. The highest BCUT2D eigenvalue weighted by Crippen LogP contribution is 2.25. The van der Waals surface area contributed by atoms with Crippen LogP contribution in [0.3, 0.4) is 0 Å². The van der Waals surface area contributed by atoms with Gasteiger partial charge in [0.2, 0.25) is 5.91 Å². The van der Waals surface area contributed by atoms with Crippen molar-refractivity contribution in [2.45, 2.75) is 45.1 Å². The molecular formula is C17H23N5O. The molecule has 0 unspecified atom stereocenters. The normalized spacial score (nSPS) is 18.1. The smallest absolute Gasteiger partial charge is 0.224 e. The van der Waals surface area contributed by atoms with Gasteiger partial charge in [0.25, 0.3) is 0 Å². The lowest BCUT2D eigenvalue weighted by atomic mass is 9.95. The van der Waals surface area contributed by atoms with Crippen molar-refractivity contribution in [1.82, 2.24) is 24.4 Å². The van der Waals surface area contributed by atoms with E-state index in [1.54, 1.807) is 18.6 Å². The average molecular weight is 313 g/mol. The van der Waals surface area contributed by atoms with Gasteiger partial charge < -0.3 is 9.47 Å². The Balaban J connectivity index is 1.57. The van der Waals surface area contributed by atoms with Crippen LogP contribution < -0.4 is 0 Å². The molecule has 1 amide bonds. The summed E-state index contributed by atoms with van der Waals surface area (Å²) in [7, 11) is 0. The topological polar surface area (TPSA) is 63.9 Å². The van der Waals surface area contributed by atoms with Crippen molar-refractivity contribution in [1.29, 1.82) is 0 Å². The standard InChI is InChI=1S/C17H23N5O/c1-2-16-20-8-11-21(16)10-5-17(23)22-9-3-4-14(13-22)15-12-18-6-7-19-15/h6-8,11-12,14H,2-5,9-10,13H2,1H3/t14-/m0/s1. The van der Waals surface area contributed by atoms with Crippen molar-refractivity contribution in [3.63, 3.8) is 0 Å². The number of amides is 1. The summed E-state index contributed by atoms with van der Waals surface area (Å²) in [6.07, 6.45) is 12.5. The largest absolute Gasteiger partial charge is 0.342 e. The first-order valence-electron chi connectivity index (χ1n) is 8.31. The van der Waals surface area contributed by atoms with Crippen LogP contribution in [0.4, 0.5) is 0 Å². The van der Waals surface area contributed by atoms with Crippen molar-refractivity contribution < 1.29 is 4.79 Å². The molecule has 1 aliphatic heterocycles. The molecule has 0 spiro atoms. The van der Waals surface area contributed by atoms with E-state index in [0.717, 1.165) is 43.9 Å². The van der Waals surface area contributed by atoms with Crippen molar-refractivity contribution in [3.05, 3.63) is 42.5 Å². The molecule has 0 radical (unpaired) electrons. The van der Waals surface area contributed by atoms with Gasteiger partial charge in [0, 0.05) is 69.4 Å². The zero-order chi connectivity index (χ0) is 16.1. The van der Waals surface area contributed by atoms with Crippen LogP contribution in [0.2, 0.25) is 0 Å². The summed E-state index contributed by atoms with van der Waals surface area (Å²) in [5, 5.41) is 0. The number of hydrogen-bond donors (Lipinski definition) is 0. The Labute approximate surface area is 136 Å². The summed E-state index contributed by atoms with van der Waals surface area (Å²) in [6.45, 7) is 4.38. The molecule has 0 N–H and O–H groups in total. The number of hydrogen-bond acceptors (Lipinski definition) is 4. The van der Waals surface area contributed by atoms with Crippen LogP contribution in [-0.4, -0.2) is 43.4 Å². The highest BCUT2D eigenvalue weighted by Gasteiger charge is 2.25. The third-order valence-electron chi connectivity index (χ3n) is 4.46. The maximum absolute atomic E-state index is 12.5. The molecule has 122 valence electrons. The SMILES string of the molecule is CCc1nccn1CCC(=O)N1CCC[C@H](c2cnccn2)C1. The maximum Gasteiger partial charge on any atom is 0.224 e. The van der Waals surface area contributed by atoms with Gasteiger partial charge in [0.05, 0.1) is 5.69 Å². The number of carbonyl (C=O) groups is 1. The molecule has 1 aliphatic rings. The van der Waals surface area contributed by atoms with Crippen LogP contribution in [0.25, 0.3) is 0 Å². The summed E-state index contributed by atoms with van der Waals surface area (Å²) in [5.41, 5.74) is 0.993. The molecule has 0 saturated carbocycles. The molecule has 6 heteroatoms. The number of carbonyl (C=O) groups excluding carboxylic acids is 1. The van der Waals surface area contributed by atoms with E-state index in [1.165, 1.54) is 0 Å². The van der Waals surface area contributed by atoms with E-state index in [2.05, 4.69) is 26.4 Å². The van der Waals surface area contributed by atoms with Crippen LogP contribution in [0.1, 0.15) is 43.6 Å². The molecule has 2 aromatic heterocycles. The molecule has 3 heterocycles. The van der Waals surface area contributed by atoms with Crippen LogP contribution in [-0.2, 0) is 17.8 Å². The fourth-order valence-electron chi connectivity index (χ4n) is 3.20. The fraction of sp³-hybridized carbons (Fsp3) is 0.529. The number of likely N-dealkylation sites (tertiary alicyclic amines) is 1. The molecule has 0 aliphatic carbocycles. The molecular weight excluding hydrogens is 290 g/mol. The highest BCUT2D eigenvalue weighted by atomic mass is 16.2. The summed E-state index contributed by atoms with van der Waals surface area (Å²) in [6, 6.07) is 0. The van der Waals surface area contributed by atoms with E-state index in [-0.39, 0.29) is 5.91 Å². The van der Waals surface area contributed by atoms with Gasteiger partial charge >= 0.3 is 0 Å². The van der Waals surface area contributed by atoms with Gasteiger partial charge in [0.1, 0.15) is 5.82 Å². The van der Waals surface area contributed by atoms with Crippen molar-refractivity contribution in [3.8, 4) is 0 Å². The zero-order valence-corrected chi connectivity index (χ0v) is 13.6. The Morgan fingerprint density at radius 3 is 3.00 bits per heavy atom. The maximum atomic E-state index is 12.5. The molecule has 0 bridgehead atoms. The van der Waals surface area contributed by atoms with Crippen molar-refractivity contribution in [2.24, 2.45) is 0 Å². The molecule has 23 heavy (non-hydrogen) atoms. The van der Waals surface area contributed by atoms with Crippen LogP contribution in [0, 0.1) is 0 Å². The first-order chi connectivity index (χ1) is 11.3. The quantitative estimate of drug-likeness (QED) is 0.847. The second-order valence-electron chi connectivity index (χ2n) is 5.95. The molecule has 1 saturated heterocycles. The van der Waals surface area contributed by atoms with Crippen LogP contribution in [0.15, 0.2) is 31.0 Å². The Kier molecular flexibility index (Phi) is 5.00. The first-order valence-corrected chi connectivity index (χ1v) is 8.31. The Morgan fingerprint density at radius 2 is 2.22 bits per heavy atom. The van der Waals surface area contributed by atoms with E-state index in [9.17, 15) is 4.79 Å². The van der Waals surface area contributed by atoms with Crippen molar-refractivity contribution in [2.75, 3.05) is 13.1 Å².